The van der Waals surface area contributed by atoms with Gasteiger partial charge in [0.25, 0.3) is 0 Å². The number of fused-ring (bicyclic) bond motifs is 1. The van der Waals surface area contributed by atoms with Gasteiger partial charge in [-0.05, 0) is 62.4 Å². The lowest BCUT2D eigenvalue weighted by atomic mass is 9.83. The summed E-state index contributed by atoms with van der Waals surface area (Å²) in [4.78, 5) is 13.6. The maximum absolute atomic E-state index is 13.6. The number of hydrogen-bond acceptors (Lipinski definition) is 4. The van der Waals surface area contributed by atoms with Gasteiger partial charge in [0.15, 0.2) is 0 Å². The van der Waals surface area contributed by atoms with E-state index in [1.54, 1.807) is 0 Å². The van der Waals surface area contributed by atoms with Gasteiger partial charge in [0.2, 0.25) is 15.9 Å². The summed E-state index contributed by atoms with van der Waals surface area (Å²) in [7, 11) is -3.69. The van der Waals surface area contributed by atoms with Crippen LogP contribution in [0, 0.1) is 13.8 Å². The zero-order valence-electron chi connectivity index (χ0n) is 20.5. The van der Waals surface area contributed by atoms with Crippen molar-refractivity contribution in [2.45, 2.75) is 78.0 Å². The van der Waals surface area contributed by atoms with Crippen LogP contribution in [0.5, 0.6) is 5.75 Å². The maximum Gasteiger partial charge on any atom is 0.244 e. The summed E-state index contributed by atoms with van der Waals surface area (Å²) in [5.74, 6) is 0.477. The van der Waals surface area contributed by atoms with Crippen LogP contribution < -0.4 is 14.4 Å². The zero-order valence-corrected chi connectivity index (χ0v) is 21.3. The number of carbonyl (C=O) groups is 1. The van der Waals surface area contributed by atoms with E-state index in [1.807, 2.05) is 63.2 Å². The molecular weight excluding hydrogens is 436 g/mol. The molecule has 1 heterocycles. The SMILES string of the molecule is CC[C@@H](C(=O)N[C@@H]1CC(CC)(CC)Oc2ccccc21)N(c1cc(C)cc(C)c1)S(C)(=O)=O. The number of hydrogen-bond donors (Lipinski definition) is 1. The van der Waals surface area contributed by atoms with Crippen LogP contribution in [0.2, 0.25) is 0 Å². The van der Waals surface area contributed by atoms with E-state index in [2.05, 4.69) is 19.2 Å². The summed E-state index contributed by atoms with van der Waals surface area (Å²) in [5.41, 5.74) is 2.97. The second-order valence-electron chi connectivity index (χ2n) is 9.12. The van der Waals surface area contributed by atoms with Crippen LogP contribution in [-0.4, -0.2) is 32.2 Å². The number of nitrogens with zero attached hydrogens (tertiary/aromatic N) is 1. The minimum atomic E-state index is -3.69. The largest absolute Gasteiger partial charge is 0.487 e. The Morgan fingerprint density at radius 1 is 1.12 bits per heavy atom. The highest BCUT2D eigenvalue weighted by molar-refractivity contribution is 7.92. The van der Waals surface area contributed by atoms with Gasteiger partial charge in [0.05, 0.1) is 18.0 Å². The molecule has 0 radical (unpaired) electrons. The van der Waals surface area contributed by atoms with Gasteiger partial charge in [-0.15, -0.1) is 0 Å². The second kappa shape index (κ2) is 9.75. The van der Waals surface area contributed by atoms with Gasteiger partial charge in [-0.2, -0.15) is 0 Å². The molecule has 2 aromatic rings. The van der Waals surface area contributed by atoms with E-state index in [1.165, 1.54) is 4.31 Å². The molecule has 0 aliphatic carbocycles. The van der Waals surface area contributed by atoms with Crippen LogP contribution >= 0.6 is 0 Å². The molecule has 3 rings (SSSR count). The lowest BCUT2D eigenvalue weighted by Crippen LogP contribution is -2.52. The van der Waals surface area contributed by atoms with E-state index in [-0.39, 0.29) is 17.6 Å². The summed E-state index contributed by atoms with van der Waals surface area (Å²) in [6, 6.07) is 12.3. The summed E-state index contributed by atoms with van der Waals surface area (Å²) in [6.07, 6.45) is 3.79. The van der Waals surface area contributed by atoms with E-state index < -0.39 is 16.1 Å². The molecule has 1 N–H and O–H groups in total. The van der Waals surface area contributed by atoms with Crippen molar-refractivity contribution in [3.05, 3.63) is 59.2 Å². The number of ether oxygens (including phenoxy) is 1. The predicted octanol–water partition coefficient (Wildman–Crippen LogP) is 5.05. The summed E-state index contributed by atoms with van der Waals surface area (Å²) in [6.45, 7) is 9.87. The summed E-state index contributed by atoms with van der Waals surface area (Å²) >= 11 is 0. The molecule has 2 atom stereocenters. The van der Waals surface area contributed by atoms with Gasteiger partial charge in [-0.25, -0.2) is 8.42 Å². The van der Waals surface area contributed by atoms with Crippen molar-refractivity contribution in [1.29, 1.82) is 0 Å². The third-order valence-corrected chi connectivity index (χ3v) is 7.77. The average molecular weight is 473 g/mol. The molecule has 0 bridgehead atoms. The number of rotatable bonds is 8. The molecule has 0 fully saturated rings. The van der Waals surface area contributed by atoms with Crippen molar-refractivity contribution >= 4 is 21.6 Å². The van der Waals surface area contributed by atoms with Crippen LogP contribution in [0.15, 0.2) is 42.5 Å². The van der Waals surface area contributed by atoms with Crippen molar-refractivity contribution in [1.82, 2.24) is 5.32 Å². The Labute approximate surface area is 198 Å². The van der Waals surface area contributed by atoms with Gasteiger partial charge in [0, 0.05) is 12.0 Å². The zero-order chi connectivity index (χ0) is 24.4. The van der Waals surface area contributed by atoms with E-state index in [0.717, 1.165) is 41.5 Å². The number of nitrogens with one attached hydrogen (secondary N) is 1. The van der Waals surface area contributed by atoms with Crippen LogP contribution in [0.1, 0.15) is 69.2 Å². The van der Waals surface area contributed by atoms with Gasteiger partial charge in [-0.1, -0.05) is 45.0 Å². The number of benzene rings is 2. The summed E-state index contributed by atoms with van der Waals surface area (Å²) in [5, 5.41) is 3.18. The smallest absolute Gasteiger partial charge is 0.244 e. The molecule has 0 aromatic heterocycles. The second-order valence-corrected chi connectivity index (χ2v) is 11.0. The molecular formula is C26H36N2O4S. The number of sulfonamides is 1. The third kappa shape index (κ3) is 5.35. The number of aryl methyl sites for hydroxylation is 2. The molecule has 0 saturated carbocycles. The van der Waals surface area contributed by atoms with Crippen LogP contribution in [0.3, 0.4) is 0 Å². The topological polar surface area (TPSA) is 75.7 Å². The Morgan fingerprint density at radius 2 is 1.73 bits per heavy atom. The maximum atomic E-state index is 13.6. The summed E-state index contributed by atoms with van der Waals surface area (Å²) < 4.78 is 33.4. The first kappa shape index (κ1) is 25.1. The average Bonchev–Trinajstić information content (AvgIpc) is 2.75. The fourth-order valence-electron chi connectivity index (χ4n) is 4.84. The van der Waals surface area contributed by atoms with Crippen molar-refractivity contribution in [3.8, 4) is 5.75 Å². The highest BCUT2D eigenvalue weighted by Crippen LogP contribution is 2.42. The molecule has 1 aliphatic heterocycles. The van der Waals surface area contributed by atoms with E-state index in [9.17, 15) is 13.2 Å². The van der Waals surface area contributed by atoms with Crippen molar-refractivity contribution in [3.63, 3.8) is 0 Å². The molecule has 180 valence electrons. The Hall–Kier alpha value is -2.54. The number of anilines is 1. The Balaban J connectivity index is 1.98. The lowest BCUT2D eigenvalue weighted by Gasteiger charge is -2.42. The Kier molecular flexibility index (Phi) is 7.42. The molecule has 0 unspecified atom stereocenters. The minimum absolute atomic E-state index is 0.253. The van der Waals surface area contributed by atoms with Gasteiger partial charge < -0.3 is 10.1 Å². The molecule has 1 amide bonds. The van der Waals surface area contributed by atoms with Crippen molar-refractivity contribution in [2.24, 2.45) is 0 Å². The normalized spacial score (nSPS) is 18.1. The number of para-hydroxylation sites is 1. The fourth-order valence-corrected chi connectivity index (χ4v) is 6.03. The van der Waals surface area contributed by atoms with Crippen LogP contribution in [0.25, 0.3) is 0 Å². The number of carbonyl (C=O) groups excluding carboxylic acids is 1. The standard InChI is InChI=1S/C26H36N2O4S/c1-7-23(28(33(6,30)31)20-15-18(4)14-19(5)16-20)25(29)27-22-17-26(8-2,9-3)32-24-13-11-10-12-21(22)24/h10-16,22-23H,7-9,17H2,1-6H3,(H,27,29)/t22-,23+/m1/s1. The lowest BCUT2D eigenvalue weighted by molar-refractivity contribution is -0.123. The predicted molar refractivity (Wildman–Crippen MR) is 133 cm³/mol. The Bertz CT molecular complexity index is 1090. The van der Waals surface area contributed by atoms with Crippen LogP contribution in [-0.2, 0) is 14.8 Å². The molecule has 0 spiro atoms. The van der Waals surface area contributed by atoms with Crippen molar-refractivity contribution in [2.75, 3.05) is 10.6 Å². The first-order valence-corrected chi connectivity index (χ1v) is 13.5. The third-order valence-electron chi connectivity index (χ3n) is 6.59. The van der Waals surface area contributed by atoms with Gasteiger partial charge in [-0.3, -0.25) is 9.10 Å². The van der Waals surface area contributed by atoms with E-state index in [0.29, 0.717) is 18.5 Å². The van der Waals surface area contributed by atoms with E-state index >= 15 is 0 Å². The molecule has 0 saturated heterocycles. The monoisotopic (exact) mass is 472 g/mol. The molecule has 7 heteroatoms. The van der Waals surface area contributed by atoms with Gasteiger partial charge >= 0.3 is 0 Å². The Morgan fingerprint density at radius 3 is 2.27 bits per heavy atom. The quantitative estimate of drug-likeness (QED) is 0.584. The molecule has 33 heavy (non-hydrogen) atoms. The number of amides is 1. The molecule has 6 nitrogen and oxygen atoms in total. The highest BCUT2D eigenvalue weighted by atomic mass is 32.2. The van der Waals surface area contributed by atoms with E-state index in [4.69, 9.17) is 4.74 Å². The first-order chi connectivity index (χ1) is 15.5. The van der Waals surface area contributed by atoms with Gasteiger partial charge in [0.1, 0.15) is 17.4 Å². The first-order valence-electron chi connectivity index (χ1n) is 11.7. The highest BCUT2D eigenvalue weighted by Gasteiger charge is 2.40. The fraction of sp³-hybridized carbons (Fsp3) is 0.500. The molecule has 1 aliphatic rings. The molecule has 2 aromatic carbocycles. The van der Waals surface area contributed by atoms with Crippen molar-refractivity contribution < 1.29 is 17.9 Å². The minimum Gasteiger partial charge on any atom is -0.487 e. The van der Waals surface area contributed by atoms with Crippen LogP contribution in [0.4, 0.5) is 5.69 Å².